The van der Waals surface area contributed by atoms with Crippen LogP contribution in [-0.2, 0) is 6.42 Å². The maximum absolute atomic E-state index is 12.6. The molecule has 20 heavy (non-hydrogen) atoms. The average Bonchev–Trinajstić information content (AvgIpc) is 2.82. The minimum atomic E-state index is -0.171. The number of carbonyl (C=O) groups excluding carboxylic acids is 1. The van der Waals surface area contributed by atoms with Gasteiger partial charge in [0.15, 0.2) is 5.69 Å². The van der Waals surface area contributed by atoms with E-state index in [1.807, 2.05) is 45.0 Å². The molecule has 3 N–H and O–H groups in total. The van der Waals surface area contributed by atoms with Crippen molar-refractivity contribution >= 4 is 17.3 Å². The highest BCUT2D eigenvalue weighted by atomic mass is 16.2. The van der Waals surface area contributed by atoms with E-state index in [0.717, 1.165) is 23.4 Å². The zero-order valence-corrected chi connectivity index (χ0v) is 12.1. The molecule has 1 aromatic heterocycles. The summed E-state index contributed by atoms with van der Waals surface area (Å²) in [5.41, 5.74) is 9.47. The van der Waals surface area contributed by atoms with E-state index < -0.39 is 0 Å². The summed E-state index contributed by atoms with van der Waals surface area (Å²) in [5, 5.41) is 6.90. The molecule has 0 radical (unpaired) electrons. The van der Waals surface area contributed by atoms with Gasteiger partial charge in [-0.05, 0) is 31.9 Å². The first-order valence-electron chi connectivity index (χ1n) is 6.80. The number of aromatic nitrogens is 2. The SMILES string of the molecule is CCc1[nH]nc(C(=O)N(CC)c2ccccc2C)c1N. The van der Waals surface area contributed by atoms with E-state index in [9.17, 15) is 4.79 Å². The number of benzene rings is 1. The molecule has 106 valence electrons. The highest BCUT2D eigenvalue weighted by Crippen LogP contribution is 2.23. The molecule has 0 bridgehead atoms. The summed E-state index contributed by atoms with van der Waals surface area (Å²) in [7, 11) is 0. The first kappa shape index (κ1) is 14.1. The van der Waals surface area contributed by atoms with Crippen LogP contribution in [-0.4, -0.2) is 22.6 Å². The summed E-state index contributed by atoms with van der Waals surface area (Å²) in [4.78, 5) is 14.3. The molecule has 1 heterocycles. The third-order valence-corrected chi connectivity index (χ3v) is 3.41. The van der Waals surface area contributed by atoms with Gasteiger partial charge in [0.2, 0.25) is 0 Å². The summed E-state index contributed by atoms with van der Waals surface area (Å²) in [6.45, 7) is 6.46. The second-order valence-corrected chi connectivity index (χ2v) is 4.65. The van der Waals surface area contributed by atoms with E-state index in [1.165, 1.54) is 0 Å². The molecule has 0 aliphatic carbocycles. The summed E-state index contributed by atoms with van der Waals surface area (Å²) in [5.74, 6) is -0.171. The molecule has 2 rings (SSSR count). The van der Waals surface area contributed by atoms with Crippen molar-refractivity contribution in [1.29, 1.82) is 0 Å². The number of hydrogen-bond acceptors (Lipinski definition) is 3. The normalized spacial score (nSPS) is 10.6. The van der Waals surface area contributed by atoms with Crippen molar-refractivity contribution < 1.29 is 4.79 Å². The Morgan fingerprint density at radius 2 is 2.05 bits per heavy atom. The molecule has 1 aromatic carbocycles. The van der Waals surface area contributed by atoms with Crippen LogP contribution in [0.3, 0.4) is 0 Å². The molecule has 0 unspecified atom stereocenters. The van der Waals surface area contributed by atoms with E-state index in [0.29, 0.717) is 17.9 Å². The predicted molar refractivity (Wildman–Crippen MR) is 80.9 cm³/mol. The van der Waals surface area contributed by atoms with Crippen LogP contribution in [0.2, 0.25) is 0 Å². The van der Waals surface area contributed by atoms with E-state index in [2.05, 4.69) is 10.2 Å². The quantitative estimate of drug-likeness (QED) is 0.898. The van der Waals surface area contributed by atoms with Crippen LogP contribution in [0.25, 0.3) is 0 Å². The van der Waals surface area contributed by atoms with Gasteiger partial charge in [0.25, 0.3) is 5.91 Å². The molecule has 0 atom stereocenters. The Bertz CT molecular complexity index is 618. The fourth-order valence-corrected chi connectivity index (χ4v) is 2.24. The molecule has 0 aliphatic rings. The van der Waals surface area contributed by atoms with Crippen molar-refractivity contribution in [3.05, 3.63) is 41.2 Å². The number of H-pyrrole nitrogens is 1. The van der Waals surface area contributed by atoms with Crippen LogP contribution in [0, 0.1) is 6.92 Å². The Kier molecular flexibility index (Phi) is 4.08. The van der Waals surface area contributed by atoms with Gasteiger partial charge in [0.1, 0.15) is 0 Å². The smallest absolute Gasteiger partial charge is 0.280 e. The molecule has 5 nitrogen and oxygen atoms in total. The minimum absolute atomic E-state index is 0.171. The highest BCUT2D eigenvalue weighted by Gasteiger charge is 2.23. The zero-order valence-electron chi connectivity index (χ0n) is 12.1. The molecule has 2 aromatic rings. The fraction of sp³-hybridized carbons (Fsp3) is 0.333. The van der Waals surface area contributed by atoms with Crippen LogP contribution in [0.15, 0.2) is 24.3 Å². The van der Waals surface area contributed by atoms with Crippen LogP contribution in [0.4, 0.5) is 11.4 Å². The van der Waals surface area contributed by atoms with Crippen molar-refractivity contribution in [2.45, 2.75) is 27.2 Å². The number of nitrogens with zero attached hydrogens (tertiary/aromatic N) is 2. The molecule has 5 heteroatoms. The number of rotatable bonds is 4. The van der Waals surface area contributed by atoms with Gasteiger partial charge < -0.3 is 10.6 Å². The molecule has 0 aliphatic heterocycles. The maximum Gasteiger partial charge on any atom is 0.280 e. The molecule has 1 amide bonds. The summed E-state index contributed by atoms with van der Waals surface area (Å²) in [6.07, 6.45) is 0.725. The van der Waals surface area contributed by atoms with Crippen molar-refractivity contribution in [2.75, 3.05) is 17.2 Å². The second kappa shape index (κ2) is 5.77. The number of para-hydroxylation sites is 1. The second-order valence-electron chi connectivity index (χ2n) is 4.65. The van der Waals surface area contributed by atoms with E-state index in [-0.39, 0.29) is 5.91 Å². The molecule has 0 saturated carbocycles. The Balaban J connectivity index is 2.39. The van der Waals surface area contributed by atoms with Crippen LogP contribution in [0.1, 0.15) is 35.6 Å². The zero-order chi connectivity index (χ0) is 14.7. The average molecular weight is 272 g/mol. The van der Waals surface area contributed by atoms with Crippen LogP contribution >= 0.6 is 0 Å². The third-order valence-electron chi connectivity index (χ3n) is 3.41. The maximum atomic E-state index is 12.6. The number of aryl methyl sites for hydroxylation is 2. The Morgan fingerprint density at radius 1 is 1.35 bits per heavy atom. The van der Waals surface area contributed by atoms with Gasteiger partial charge in [-0.15, -0.1) is 0 Å². The van der Waals surface area contributed by atoms with Crippen molar-refractivity contribution in [1.82, 2.24) is 10.2 Å². The van der Waals surface area contributed by atoms with Crippen molar-refractivity contribution in [3.8, 4) is 0 Å². The van der Waals surface area contributed by atoms with E-state index in [4.69, 9.17) is 5.73 Å². The molecule has 0 fully saturated rings. The Hall–Kier alpha value is -2.30. The lowest BCUT2D eigenvalue weighted by Gasteiger charge is -2.22. The number of amides is 1. The lowest BCUT2D eigenvalue weighted by atomic mass is 10.1. The van der Waals surface area contributed by atoms with E-state index in [1.54, 1.807) is 4.90 Å². The molecule has 0 saturated heterocycles. The van der Waals surface area contributed by atoms with Crippen LogP contribution in [0.5, 0.6) is 0 Å². The predicted octanol–water partition coefficient (Wildman–Crippen LogP) is 2.53. The number of hydrogen-bond donors (Lipinski definition) is 2. The lowest BCUT2D eigenvalue weighted by Crippen LogP contribution is -2.32. The first-order valence-corrected chi connectivity index (χ1v) is 6.80. The van der Waals surface area contributed by atoms with E-state index >= 15 is 0 Å². The number of aromatic amines is 1. The summed E-state index contributed by atoms with van der Waals surface area (Å²) < 4.78 is 0. The number of nitrogen functional groups attached to an aromatic ring is 1. The third kappa shape index (κ3) is 2.39. The Morgan fingerprint density at radius 3 is 2.60 bits per heavy atom. The number of carbonyl (C=O) groups is 1. The van der Waals surface area contributed by atoms with Gasteiger partial charge in [0.05, 0.1) is 11.4 Å². The van der Waals surface area contributed by atoms with Crippen LogP contribution < -0.4 is 10.6 Å². The van der Waals surface area contributed by atoms with Gasteiger partial charge in [-0.2, -0.15) is 5.10 Å². The number of nitrogens with two attached hydrogens (primary N) is 1. The standard InChI is InChI=1S/C15H20N4O/c1-4-11-13(16)14(18-17-11)15(20)19(5-2)12-9-7-6-8-10(12)3/h6-9H,4-5,16H2,1-3H3,(H,17,18). The lowest BCUT2D eigenvalue weighted by molar-refractivity contribution is 0.0984. The Labute approximate surface area is 118 Å². The first-order chi connectivity index (χ1) is 9.60. The van der Waals surface area contributed by atoms with Crippen molar-refractivity contribution in [3.63, 3.8) is 0 Å². The number of anilines is 2. The van der Waals surface area contributed by atoms with Gasteiger partial charge >= 0.3 is 0 Å². The molecule has 0 spiro atoms. The molecular formula is C15H20N4O. The highest BCUT2D eigenvalue weighted by molar-refractivity contribution is 6.08. The monoisotopic (exact) mass is 272 g/mol. The van der Waals surface area contributed by atoms with Gasteiger partial charge in [0, 0.05) is 12.2 Å². The summed E-state index contributed by atoms with van der Waals surface area (Å²) >= 11 is 0. The molecular weight excluding hydrogens is 252 g/mol. The largest absolute Gasteiger partial charge is 0.395 e. The van der Waals surface area contributed by atoms with Crippen molar-refractivity contribution in [2.24, 2.45) is 0 Å². The van der Waals surface area contributed by atoms with Gasteiger partial charge in [-0.3, -0.25) is 9.89 Å². The van der Waals surface area contributed by atoms with Gasteiger partial charge in [-0.25, -0.2) is 0 Å². The van der Waals surface area contributed by atoms with Gasteiger partial charge in [-0.1, -0.05) is 25.1 Å². The number of nitrogens with one attached hydrogen (secondary N) is 1. The summed E-state index contributed by atoms with van der Waals surface area (Å²) in [6, 6.07) is 7.79. The fourth-order valence-electron chi connectivity index (χ4n) is 2.24. The minimum Gasteiger partial charge on any atom is -0.395 e. The topological polar surface area (TPSA) is 75.0 Å².